The summed E-state index contributed by atoms with van der Waals surface area (Å²) in [5, 5.41) is 0. The molecule has 1 amide bonds. The second kappa shape index (κ2) is 6.09. The van der Waals surface area contributed by atoms with E-state index in [2.05, 4.69) is 15.9 Å². The van der Waals surface area contributed by atoms with E-state index in [-0.39, 0.29) is 16.8 Å². The number of halogens is 1. The van der Waals surface area contributed by atoms with Crippen LogP contribution in [0.1, 0.15) is 25.0 Å². The maximum absolute atomic E-state index is 13.6. The Labute approximate surface area is 161 Å². The summed E-state index contributed by atoms with van der Waals surface area (Å²) < 4.78 is 29.3. The van der Waals surface area contributed by atoms with Gasteiger partial charge >= 0.3 is 0 Å². The van der Waals surface area contributed by atoms with Gasteiger partial charge in [-0.3, -0.25) is 9.10 Å². The van der Waals surface area contributed by atoms with E-state index in [0.717, 1.165) is 16.8 Å². The van der Waals surface area contributed by atoms with Gasteiger partial charge in [0.15, 0.2) is 0 Å². The number of carbonyl (C=O) groups excluding carboxylic acids is 1. The molecule has 2 heterocycles. The average Bonchev–Trinajstić information content (AvgIpc) is 3.14. The largest absolute Gasteiger partial charge is 0.308 e. The maximum Gasteiger partial charge on any atom is 0.266 e. The molecule has 1 unspecified atom stereocenters. The molecule has 26 heavy (non-hydrogen) atoms. The zero-order valence-corrected chi connectivity index (χ0v) is 17.0. The molecule has 0 N–H and O–H groups in total. The van der Waals surface area contributed by atoms with E-state index in [1.54, 1.807) is 11.0 Å². The van der Waals surface area contributed by atoms with Crippen molar-refractivity contribution >= 4 is 43.2 Å². The van der Waals surface area contributed by atoms with Crippen LogP contribution in [0, 0.1) is 0 Å². The molecule has 2 aromatic carbocycles. The van der Waals surface area contributed by atoms with Crippen LogP contribution in [0.4, 0.5) is 11.4 Å². The van der Waals surface area contributed by atoms with Crippen LogP contribution < -0.4 is 9.21 Å². The monoisotopic (exact) mass is 434 g/mol. The molecule has 5 nitrogen and oxygen atoms in total. The Morgan fingerprint density at radius 1 is 1.19 bits per heavy atom. The molecule has 2 aliphatic heterocycles. The van der Waals surface area contributed by atoms with Crippen LogP contribution in [0.25, 0.3) is 0 Å². The number of benzene rings is 2. The molecule has 7 heteroatoms. The number of nitrogens with zero attached hydrogens (tertiary/aromatic N) is 2. The van der Waals surface area contributed by atoms with Gasteiger partial charge in [-0.2, -0.15) is 0 Å². The highest BCUT2D eigenvalue weighted by Gasteiger charge is 2.39. The standard InChI is InChI=1S/C19H19BrN2O3S/c1-12-9-15-10-16(20)11-18(19(15)22(12)13(2)23)26(24,25)21-8-7-14-5-3-4-6-17(14)21/h3-6,10-12H,7-9H2,1-2H3. The first-order chi connectivity index (χ1) is 12.3. The summed E-state index contributed by atoms with van der Waals surface area (Å²) in [6.45, 7) is 3.84. The van der Waals surface area contributed by atoms with Gasteiger partial charge in [-0.25, -0.2) is 8.42 Å². The van der Waals surface area contributed by atoms with Gasteiger partial charge in [-0.05, 0) is 49.1 Å². The zero-order valence-electron chi connectivity index (χ0n) is 14.6. The first-order valence-electron chi connectivity index (χ1n) is 8.53. The molecule has 0 spiro atoms. The second-order valence-corrected chi connectivity index (χ2v) is 9.56. The third-order valence-corrected chi connectivity index (χ3v) is 7.35. The summed E-state index contributed by atoms with van der Waals surface area (Å²) in [6, 6.07) is 11.0. The van der Waals surface area contributed by atoms with Gasteiger partial charge in [-0.1, -0.05) is 34.1 Å². The number of rotatable bonds is 2. The van der Waals surface area contributed by atoms with Crippen molar-refractivity contribution < 1.29 is 13.2 Å². The highest BCUT2D eigenvalue weighted by molar-refractivity contribution is 9.10. The number of hydrogen-bond acceptors (Lipinski definition) is 3. The minimum absolute atomic E-state index is 0.0587. The summed E-state index contributed by atoms with van der Waals surface area (Å²) >= 11 is 3.44. The van der Waals surface area contributed by atoms with Crippen molar-refractivity contribution in [2.45, 2.75) is 37.6 Å². The lowest BCUT2D eigenvalue weighted by molar-refractivity contribution is -0.116. The molecule has 0 bridgehead atoms. The quantitative estimate of drug-likeness (QED) is 0.726. The fourth-order valence-corrected chi connectivity index (χ4v) is 6.44. The van der Waals surface area contributed by atoms with Gasteiger partial charge in [0.2, 0.25) is 5.91 Å². The first kappa shape index (κ1) is 17.5. The van der Waals surface area contributed by atoms with Crippen LogP contribution in [-0.4, -0.2) is 26.9 Å². The third kappa shape index (κ3) is 2.56. The normalized spacial score (nSPS) is 18.8. The van der Waals surface area contributed by atoms with Crippen LogP contribution >= 0.6 is 15.9 Å². The summed E-state index contributed by atoms with van der Waals surface area (Å²) in [5.41, 5.74) is 3.16. The van der Waals surface area contributed by atoms with E-state index in [9.17, 15) is 13.2 Å². The topological polar surface area (TPSA) is 57.7 Å². The lowest BCUT2D eigenvalue weighted by Gasteiger charge is -2.26. The second-order valence-electron chi connectivity index (χ2n) is 6.81. The van der Waals surface area contributed by atoms with Crippen LogP contribution in [-0.2, 0) is 27.7 Å². The molecule has 2 aromatic rings. The Morgan fingerprint density at radius 2 is 1.92 bits per heavy atom. The van der Waals surface area contributed by atoms with Gasteiger partial charge in [0, 0.05) is 24.0 Å². The Morgan fingerprint density at radius 3 is 2.65 bits per heavy atom. The molecule has 0 aromatic heterocycles. The lowest BCUT2D eigenvalue weighted by atomic mass is 10.1. The molecule has 0 aliphatic carbocycles. The molecule has 2 aliphatic rings. The summed E-state index contributed by atoms with van der Waals surface area (Å²) in [4.78, 5) is 14.0. The molecular formula is C19H19BrN2O3S. The van der Waals surface area contributed by atoms with Gasteiger partial charge in [0.25, 0.3) is 10.0 Å². The summed E-state index contributed by atoms with van der Waals surface area (Å²) in [6.07, 6.45) is 1.34. The van der Waals surface area contributed by atoms with E-state index in [1.807, 2.05) is 37.3 Å². The van der Waals surface area contributed by atoms with Gasteiger partial charge in [0.05, 0.1) is 11.4 Å². The summed E-state index contributed by atoms with van der Waals surface area (Å²) in [5.74, 6) is -0.142. The molecular weight excluding hydrogens is 416 g/mol. The van der Waals surface area contributed by atoms with Crippen molar-refractivity contribution in [3.63, 3.8) is 0 Å². The Bertz CT molecular complexity index is 1020. The molecule has 136 valence electrons. The summed E-state index contributed by atoms with van der Waals surface area (Å²) in [7, 11) is -3.78. The number of sulfonamides is 1. The number of fused-ring (bicyclic) bond motifs is 2. The Balaban J connectivity index is 1.91. The van der Waals surface area contributed by atoms with Crippen molar-refractivity contribution in [2.75, 3.05) is 15.7 Å². The molecule has 4 rings (SSSR count). The highest BCUT2D eigenvalue weighted by atomic mass is 79.9. The van der Waals surface area contributed by atoms with Crippen LogP contribution in [0.5, 0.6) is 0 Å². The smallest absolute Gasteiger partial charge is 0.266 e. The van der Waals surface area contributed by atoms with Gasteiger partial charge in [-0.15, -0.1) is 0 Å². The van der Waals surface area contributed by atoms with E-state index in [4.69, 9.17) is 0 Å². The fraction of sp³-hybridized carbons (Fsp3) is 0.316. The van der Waals surface area contributed by atoms with Crippen molar-refractivity contribution in [1.29, 1.82) is 0 Å². The third-order valence-electron chi connectivity index (χ3n) is 5.07. The van der Waals surface area contributed by atoms with Crippen molar-refractivity contribution in [1.82, 2.24) is 0 Å². The van der Waals surface area contributed by atoms with Crippen molar-refractivity contribution in [3.05, 3.63) is 52.0 Å². The number of anilines is 2. The van der Waals surface area contributed by atoms with E-state index < -0.39 is 10.0 Å². The average molecular weight is 435 g/mol. The van der Waals surface area contributed by atoms with E-state index in [0.29, 0.717) is 29.5 Å². The number of carbonyl (C=O) groups is 1. The van der Waals surface area contributed by atoms with Gasteiger partial charge in [0.1, 0.15) is 4.90 Å². The molecule has 0 radical (unpaired) electrons. The SMILES string of the molecule is CC(=O)N1c2c(cc(Br)cc2S(=O)(=O)N2CCc3ccccc32)CC1C. The van der Waals surface area contributed by atoms with E-state index in [1.165, 1.54) is 11.2 Å². The van der Waals surface area contributed by atoms with Crippen molar-refractivity contribution in [2.24, 2.45) is 0 Å². The maximum atomic E-state index is 13.6. The number of para-hydroxylation sites is 1. The minimum atomic E-state index is -3.78. The Hall–Kier alpha value is -1.86. The van der Waals surface area contributed by atoms with Gasteiger partial charge < -0.3 is 4.90 Å². The van der Waals surface area contributed by atoms with E-state index >= 15 is 0 Å². The minimum Gasteiger partial charge on any atom is -0.308 e. The Kier molecular flexibility index (Phi) is 4.11. The highest BCUT2D eigenvalue weighted by Crippen LogP contribution is 2.43. The molecule has 1 atom stereocenters. The predicted octanol–water partition coefficient (Wildman–Crippen LogP) is 3.50. The molecule has 0 saturated carbocycles. The number of amides is 1. The van der Waals surface area contributed by atoms with Crippen LogP contribution in [0.15, 0.2) is 45.8 Å². The zero-order chi connectivity index (χ0) is 18.6. The fourth-order valence-electron chi connectivity index (χ4n) is 4.03. The molecule has 0 saturated heterocycles. The van der Waals surface area contributed by atoms with Crippen molar-refractivity contribution in [3.8, 4) is 0 Å². The van der Waals surface area contributed by atoms with Crippen LogP contribution in [0.3, 0.4) is 0 Å². The predicted molar refractivity (Wildman–Crippen MR) is 105 cm³/mol. The lowest BCUT2D eigenvalue weighted by Crippen LogP contribution is -2.36. The first-order valence-corrected chi connectivity index (χ1v) is 10.8. The van der Waals surface area contributed by atoms with Crippen LogP contribution in [0.2, 0.25) is 0 Å². The molecule has 0 fully saturated rings. The number of hydrogen-bond donors (Lipinski definition) is 0.